The van der Waals surface area contributed by atoms with Crippen LogP contribution in [0.3, 0.4) is 0 Å². The summed E-state index contributed by atoms with van der Waals surface area (Å²) in [5.74, 6) is 0. The van der Waals surface area contributed by atoms with E-state index in [1.54, 1.807) is 18.5 Å². The summed E-state index contributed by atoms with van der Waals surface area (Å²) in [6, 6.07) is 40.5. The molecule has 0 spiro atoms. The van der Waals surface area contributed by atoms with Gasteiger partial charge < -0.3 is 14.6 Å². The first kappa shape index (κ1) is 24.0. The Labute approximate surface area is 231 Å². The van der Waals surface area contributed by atoms with Gasteiger partial charge in [-0.3, -0.25) is 9.97 Å². The average Bonchev–Trinajstić information content (AvgIpc) is 3.36. The Morgan fingerprint density at radius 3 is 1.75 bits per heavy atom. The van der Waals surface area contributed by atoms with Gasteiger partial charge >= 0.3 is 7.12 Å². The lowest BCUT2D eigenvalue weighted by Gasteiger charge is -2.13. The average molecular weight is 517 g/mol. The van der Waals surface area contributed by atoms with E-state index in [0.29, 0.717) is 5.46 Å². The molecule has 0 aliphatic heterocycles. The topological polar surface area (TPSA) is 71.2 Å². The highest BCUT2D eigenvalue weighted by Crippen LogP contribution is 2.34. The van der Waals surface area contributed by atoms with Crippen LogP contribution in [0.1, 0.15) is 0 Å². The van der Waals surface area contributed by atoms with Crippen molar-refractivity contribution in [2.75, 3.05) is 0 Å². The second-order valence-corrected chi connectivity index (χ2v) is 9.75. The molecule has 5 nitrogen and oxygen atoms in total. The maximum atomic E-state index is 10.2. The Bertz CT molecular complexity index is 1910. The van der Waals surface area contributed by atoms with Crippen molar-refractivity contribution in [1.82, 2.24) is 14.5 Å². The number of benzene rings is 4. The molecule has 190 valence electrons. The minimum atomic E-state index is -1.58. The second kappa shape index (κ2) is 9.93. The number of hydrogen-bond donors (Lipinski definition) is 2. The van der Waals surface area contributed by atoms with E-state index in [1.165, 1.54) is 0 Å². The zero-order chi connectivity index (χ0) is 27.1. The van der Waals surface area contributed by atoms with E-state index in [4.69, 9.17) is 0 Å². The van der Waals surface area contributed by atoms with Crippen LogP contribution in [-0.2, 0) is 0 Å². The highest BCUT2D eigenvalue weighted by molar-refractivity contribution is 6.62. The number of fused-ring (bicyclic) bond motifs is 3. The summed E-state index contributed by atoms with van der Waals surface area (Å²) in [5, 5.41) is 22.4. The van der Waals surface area contributed by atoms with Gasteiger partial charge in [0.2, 0.25) is 0 Å². The molecular formula is C34H24BN3O2. The second-order valence-electron chi connectivity index (χ2n) is 9.75. The molecule has 0 amide bonds. The van der Waals surface area contributed by atoms with E-state index in [-0.39, 0.29) is 0 Å². The van der Waals surface area contributed by atoms with Crippen molar-refractivity contribution in [3.63, 3.8) is 0 Å². The monoisotopic (exact) mass is 517 g/mol. The molecule has 6 heteroatoms. The highest BCUT2D eigenvalue weighted by atomic mass is 16.4. The molecule has 3 aromatic heterocycles. The van der Waals surface area contributed by atoms with Crippen molar-refractivity contribution < 1.29 is 10.0 Å². The van der Waals surface area contributed by atoms with E-state index in [0.717, 1.165) is 61.1 Å². The van der Waals surface area contributed by atoms with Gasteiger partial charge in [0.15, 0.2) is 0 Å². The van der Waals surface area contributed by atoms with Crippen LogP contribution in [0.2, 0.25) is 0 Å². The Balaban J connectivity index is 1.39. The van der Waals surface area contributed by atoms with Crippen molar-refractivity contribution in [2.24, 2.45) is 0 Å². The van der Waals surface area contributed by atoms with Gasteiger partial charge in [-0.25, -0.2) is 0 Å². The minimum absolute atomic E-state index is 0.473. The maximum Gasteiger partial charge on any atom is 0.490 e. The molecule has 0 aliphatic carbocycles. The van der Waals surface area contributed by atoms with E-state index in [2.05, 4.69) is 69.1 Å². The molecule has 2 N–H and O–H groups in total. The third kappa shape index (κ3) is 4.16. The van der Waals surface area contributed by atoms with Crippen LogP contribution < -0.4 is 5.46 Å². The van der Waals surface area contributed by atoms with Crippen LogP contribution >= 0.6 is 0 Å². The number of rotatable bonds is 5. The van der Waals surface area contributed by atoms with Crippen LogP contribution in [0.25, 0.3) is 61.1 Å². The van der Waals surface area contributed by atoms with Gasteiger partial charge in [-0.1, -0.05) is 60.7 Å². The van der Waals surface area contributed by atoms with Crippen molar-refractivity contribution in [2.45, 2.75) is 0 Å². The summed E-state index contributed by atoms with van der Waals surface area (Å²) in [6.07, 6.45) is 3.61. The van der Waals surface area contributed by atoms with E-state index >= 15 is 0 Å². The number of nitrogens with zero attached hydrogens (tertiary/aromatic N) is 3. The largest absolute Gasteiger partial charge is 0.490 e. The van der Waals surface area contributed by atoms with E-state index < -0.39 is 7.12 Å². The van der Waals surface area contributed by atoms with Crippen LogP contribution in [0.4, 0.5) is 0 Å². The third-order valence-corrected chi connectivity index (χ3v) is 7.32. The molecule has 0 atom stereocenters. The number of hydrogen-bond acceptors (Lipinski definition) is 4. The molecule has 0 fully saturated rings. The maximum absolute atomic E-state index is 10.2. The molecule has 4 aromatic carbocycles. The Morgan fingerprint density at radius 2 is 1.12 bits per heavy atom. The van der Waals surface area contributed by atoms with E-state index in [9.17, 15) is 10.0 Å². The predicted octanol–water partition coefficient (Wildman–Crippen LogP) is 6.25. The van der Waals surface area contributed by atoms with Crippen molar-refractivity contribution in [3.05, 3.63) is 134 Å². The Hall–Kier alpha value is -5.04. The summed E-state index contributed by atoms with van der Waals surface area (Å²) in [6.45, 7) is 0. The summed E-state index contributed by atoms with van der Waals surface area (Å²) in [7, 11) is -1.58. The highest BCUT2D eigenvalue weighted by Gasteiger charge is 2.21. The van der Waals surface area contributed by atoms with Crippen LogP contribution in [0.5, 0.6) is 0 Å². The first-order valence-electron chi connectivity index (χ1n) is 13.1. The summed E-state index contributed by atoms with van der Waals surface area (Å²) in [5.41, 5.74) is 9.17. The Kier molecular flexibility index (Phi) is 5.97. The van der Waals surface area contributed by atoms with Gasteiger partial charge in [0, 0.05) is 45.4 Å². The SMILES string of the molecule is OB(O)c1cccc2c3ccccc3n(-c3ccc(-c4cc(-c5ccccn5)cc(-c5ccccn5)c4)cc3)c12. The molecule has 0 aliphatic rings. The zero-order valence-corrected chi connectivity index (χ0v) is 21.5. The first-order chi connectivity index (χ1) is 19.7. The minimum Gasteiger partial charge on any atom is -0.423 e. The first-order valence-corrected chi connectivity index (χ1v) is 13.1. The number of aromatic nitrogens is 3. The molecule has 7 aromatic rings. The fourth-order valence-corrected chi connectivity index (χ4v) is 5.48. The lowest BCUT2D eigenvalue weighted by atomic mass is 9.79. The van der Waals surface area contributed by atoms with Gasteiger partial charge in [-0.2, -0.15) is 0 Å². The molecular weight excluding hydrogens is 493 g/mol. The number of para-hydroxylation sites is 2. The summed E-state index contributed by atoms with van der Waals surface area (Å²) in [4.78, 5) is 9.16. The molecule has 0 bridgehead atoms. The van der Waals surface area contributed by atoms with Crippen molar-refractivity contribution >= 4 is 34.4 Å². The van der Waals surface area contributed by atoms with Crippen LogP contribution in [0, 0.1) is 0 Å². The molecule has 0 radical (unpaired) electrons. The molecule has 0 unspecified atom stereocenters. The Morgan fingerprint density at radius 1 is 0.525 bits per heavy atom. The van der Waals surface area contributed by atoms with Gasteiger partial charge in [-0.05, 0) is 71.8 Å². The van der Waals surface area contributed by atoms with Gasteiger partial charge in [0.1, 0.15) is 0 Å². The molecule has 0 saturated carbocycles. The lowest BCUT2D eigenvalue weighted by Crippen LogP contribution is -2.31. The van der Waals surface area contributed by atoms with Crippen molar-refractivity contribution in [1.29, 1.82) is 0 Å². The third-order valence-electron chi connectivity index (χ3n) is 7.32. The number of pyridine rings is 2. The smallest absolute Gasteiger partial charge is 0.423 e. The normalized spacial score (nSPS) is 11.2. The standard InChI is InChI=1S/C34H24BN3O2/c39-35(40)30-10-7-9-29-28-8-1-2-13-33(28)38(34(29)30)27-16-14-23(15-17-27)24-20-25(31-11-3-5-18-36-31)22-26(21-24)32-12-4-6-19-37-32/h1-22,39-40H. The lowest BCUT2D eigenvalue weighted by molar-refractivity contribution is 0.426. The fourth-order valence-electron chi connectivity index (χ4n) is 5.48. The predicted molar refractivity (Wildman–Crippen MR) is 163 cm³/mol. The molecule has 7 rings (SSSR count). The fraction of sp³-hybridized carbons (Fsp3) is 0. The van der Waals surface area contributed by atoms with Gasteiger partial charge in [-0.15, -0.1) is 0 Å². The van der Waals surface area contributed by atoms with Gasteiger partial charge in [0.25, 0.3) is 0 Å². The van der Waals surface area contributed by atoms with Crippen LogP contribution in [0.15, 0.2) is 134 Å². The molecule has 40 heavy (non-hydrogen) atoms. The summed E-state index contributed by atoms with van der Waals surface area (Å²) >= 11 is 0. The summed E-state index contributed by atoms with van der Waals surface area (Å²) < 4.78 is 2.10. The van der Waals surface area contributed by atoms with Crippen molar-refractivity contribution in [3.8, 4) is 39.3 Å². The quantitative estimate of drug-likeness (QED) is 0.265. The zero-order valence-electron chi connectivity index (χ0n) is 21.5. The van der Waals surface area contributed by atoms with E-state index in [1.807, 2.05) is 60.7 Å². The van der Waals surface area contributed by atoms with Crippen LogP contribution in [-0.4, -0.2) is 31.7 Å². The van der Waals surface area contributed by atoms with Gasteiger partial charge in [0.05, 0.1) is 22.4 Å². The molecule has 3 heterocycles. The molecule has 0 saturated heterocycles.